The fourth-order valence-corrected chi connectivity index (χ4v) is 7.93. The highest BCUT2D eigenvalue weighted by Gasteiger charge is 2.79. The van der Waals surface area contributed by atoms with Crippen LogP contribution in [0.3, 0.4) is 0 Å². The number of ketones is 2. The van der Waals surface area contributed by atoms with Crippen molar-refractivity contribution in [3.8, 4) is 0 Å². The molecule has 2 N–H and O–H groups in total. The first kappa shape index (κ1) is 21.4. The summed E-state index contributed by atoms with van der Waals surface area (Å²) in [6.45, 7) is 6.41. The molecule has 4 aliphatic carbocycles. The highest BCUT2D eigenvalue weighted by Crippen LogP contribution is 2.72. The van der Waals surface area contributed by atoms with Gasteiger partial charge in [0.2, 0.25) is 0 Å². The molecule has 0 amide bonds. The Morgan fingerprint density at radius 3 is 2.65 bits per heavy atom. The Kier molecular flexibility index (Phi) is 4.24. The first-order valence-corrected chi connectivity index (χ1v) is 11.2. The van der Waals surface area contributed by atoms with Crippen LogP contribution in [0.4, 0.5) is 4.39 Å². The molecule has 0 aromatic carbocycles. The van der Waals surface area contributed by atoms with E-state index in [-0.39, 0.29) is 18.1 Å². The van der Waals surface area contributed by atoms with Gasteiger partial charge in [-0.25, -0.2) is 4.39 Å². The second-order valence-corrected chi connectivity index (χ2v) is 10.9. The SMILES string of the molecule is CC1(C)OC2C[C@H]3[C@@H]4CCC5=CC(=O)C=C[C@]5(C)[C@]4(F)C(O)C[C@]3(C)[C@@]2(C(=O)CO)O1. The fraction of sp³-hybridized carbons (Fsp3) is 0.750. The number of hydrogen-bond acceptors (Lipinski definition) is 6. The highest BCUT2D eigenvalue weighted by atomic mass is 19.1. The standard InChI is InChI=1S/C24H31FO6/c1-20(2)30-19-10-16-15-6-5-13-9-14(27)7-8-21(13,3)23(15,25)17(28)11-22(16,4)24(19,31-20)18(29)12-26/h7-9,15-17,19,26,28H,5-6,10-12H2,1-4H3/t15-,16-,17?,19?,21-,22-,23+,24-/m0/s1. The van der Waals surface area contributed by atoms with Crippen molar-refractivity contribution in [3.05, 3.63) is 23.8 Å². The lowest BCUT2D eigenvalue weighted by molar-refractivity contribution is -0.246. The molecule has 0 aromatic rings. The van der Waals surface area contributed by atoms with Gasteiger partial charge in [-0.1, -0.05) is 18.6 Å². The van der Waals surface area contributed by atoms with Gasteiger partial charge in [-0.05, 0) is 64.5 Å². The van der Waals surface area contributed by atoms with Crippen molar-refractivity contribution < 1.29 is 33.7 Å². The summed E-state index contributed by atoms with van der Waals surface area (Å²) in [5, 5.41) is 21.2. The van der Waals surface area contributed by atoms with Crippen LogP contribution in [0.15, 0.2) is 23.8 Å². The van der Waals surface area contributed by atoms with Gasteiger partial charge in [0.25, 0.3) is 0 Å². The molecule has 7 heteroatoms. The monoisotopic (exact) mass is 434 g/mol. The van der Waals surface area contributed by atoms with Crippen LogP contribution in [-0.2, 0) is 19.1 Å². The van der Waals surface area contributed by atoms with Crippen molar-refractivity contribution in [1.29, 1.82) is 0 Å². The average Bonchev–Trinajstić information content (AvgIpc) is 3.09. The van der Waals surface area contributed by atoms with Gasteiger partial charge >= 0.3 is 0 Å². The molecule has 1 saturated heterocycles. The number of allylic oxidation sites excluding steroid dienone is 4. The normalized spacial score (nSPS) is 52.1. The van der Waals surface area contributed by atoms with E-state index in [1.165, 1.54) is 12.2 Å². The molecule has 0 spiro atoms. The zero-order chi connectivity index (χ0) is 22.6. The lowest BCUT2D eigenvalue weighted by atomic mass is 9.44. The number of fused-ring (bicyclic) bond motifs is 7. The predicted molar refractivity (Wildman–Crippen MR) is 109 cm³/mol. The zero-order valence-corrected chi connectivity index (χ0v) is 18.5. The number of alkyl halides is 1. The number of carbonyl (C=O) groups excluding carboxylic acids is 2. The van der Waals surface area contributed by atoms with E-state index in [9.17, 15) is 19.8 Å². The molecule has 31 heavy (non-hydrogen) atoms. The van der Waals surface area contributed by atoms with Crippen molar-refractivity contribution in [3.63, 3.8) is 0 Å². The van der Waals surface area contributed by atoms with E-state index in [2.05, 4.69) is 0 Å². The Hall–Kier alpha value is -1.41. The van der Waals surface area contributed by atoms with Crippen LogP contribution < -0.4 is 0 Å². The van der Waals surface area contributed by atoms with Crippen LogP contribution in [0.5, 0.6) is 0 Å². The summed E-state index contributed by atoms with van der Waals surface area (Å²) in [4.78, 5) is 25.1. The molecular weight excluding hydrogens is 403 g/mol. The summed E-state index contributed by atoms with van der Waals surface area (Å²) < 4.78 is 29.5. The lowest BCUT2D eigenvalue weighted by Gasteiger charge is -2.62. The number of aliphatic hydroxyl groups excluding tert-OH is 2. The number of Topliss-reactive ketones (excluding diaryl/α,β-unsaturated/α-hetero) is 1. The Morgan fingerprint density at radius 2 is 1.97 bits per heavy atom. The third kappa shape index (κ3) is 2.31. The maximum Gasteiger partial charge on any atom is 0.193 e. The molecule has 6 nitrogen and oxygen atoms in total. The molecule has 3 saturated carbocycles. The Bertz CT molecular complexity index is 925. The zero-order valence-electron chi connectivity index (χ0n) is 18.5. The number of ether oxygens (including phenoxy) is 2. The molecule has 2 unspecified atom stereocenters. The van der Waals surface area contributed by atoms with Gasteiger partial charge in [-0.15, -0.1) is 0 Å². The van der Waals surface area contributed by atoms with E-state index in [1.54, 1.807) is 26.8 Å². The van der Waals surface area contributed by atoms with E-state index in [4.69, 9.17) is 9.47 Å². The molecule has 170 valence electrons. The molecule has 0 bridgehead atoms. The summed E-state index contributed by atoms with van der Waals surface area (Å²) in [6.07, 6.45) is 4.00. The summed E-state index contributed by atoms with van der Waals surface area (Å²) in [5.74, 6) is -2.46. The molecule has 0 radical (unpaired) electrons. The van der Waals surface area contributed by atoms with Crippen LogP contribution in [0.1, 0.15) is 53.4 Å². The van der Waals surface area contributed by atoms with Crippen molar-refractivity contribution in [2.45, 2.75) is 82.6 Å². The van der Waals surface area contributed by atoms with Gasteiger partial charge < -0.3 is 19.7 Å². The van der Waals surface area contributed by atoms with Crippen molar-refractivity contribution >= 4 is 11.6 Å². The Balaban J connectivity index is 1.64. The maximum atomic E-state index is 17.1. The highest BCUT2D eigenvalue weighted by molar-refractivity contribution is 6.01. The van der Waals surface area contributed by atoms with Gasteiger partial charge in [0, 0.05) is 16.7 Å². The minimum absolute atomic E-state index is 0.0109. The molecule has 1 heterocycles. The van der Waals surface area contributed by atoms with Gasteiger partial charge in [0.1, 0.15) is 6.61 Å². The quantitative estimate of drug-likeness (QED) is 0.694. The van der Waals surface area contributed by atoms with Crippen LogP contribution >= 0.6 is 0 Å². The van der Waals surface area contributed by atoms with Gasteiger partial charge in [-0.2, -0.15) is 0 Å². The molecular formula is C24H31FO6. The second-order valence-electron chi connectivity index (χ2n) is 10.9. The third-order valence-corrected chi connectivity index (χ3v) is 9.19. The largest absolute Gasteiger partial charge is 0.390 e. The number of carbonyl (C=O) groups is 2. The Labute approximate surface area is 181 Å². The summed E-state index contributed by atoms with van der Waals surface area (Å²) in [7, 11) is 0. The molecule has 0 aromatic heterocycles. The molecule has 5 rings (SSSR count). The van der Waals surface area contributed by atoms with Crippen LogP contribution in [0, 0.1) is 22.7 Å². The third-order valence-electron chi connectivity index (χ3n) is 9.19. The van der Waals surface area contributed by atoms with Gasteiger partial charge in [-0.3, -0.25) is 9.59 Å². The van der Waals surface area contributed by atoms with E-state index >= 15 is 4.39 Å². The molecule has 5 aliphatic rings. The topological polar surface area (TPSA) is 93.1 Å². The minimum atomic E-state index is -1.98. The average molecular weight is 435 g/mol. The second kappa shape index (κ2) is 6.13. The number of rotatable bonds is 2. The molecule has 4 fully saturated rings. The van der Waals surface area contributed by atoms with Crippen molar-refractivity contribution in [2.24, 2.45) is 22.7 Å². The molecule has 8 atom stereocenters. The van der Waals surface area contributed by atoms with E-state index in [0.29, 0.717) is 19.3 Å². The lowest BCUT2D eigenvalue weighted by Crippen LogP contribution is -2.70. The van der Waals surface area contributed by atoms with Crippen LogP contribution in [-0.4, -0.2) is 57.7 Å². The van der Waals surface area contributed by atoms with Crippen LogP contribution in [0.25, 0.3) is 0 Å². The van der Waals surface area contributed by atoms with Gasteiger partial charge in [0.05, 0.1) is 12.2 Å². The summed E-state index contributed by atoms with van der Waals surface area (Å²) in [6, 6.07) is 0. The maximum absolute atomic E-state index is 17.1. The van der Waals surface area contributed by atoms with Crippen molar-refractivity contribution in [1.82, 2.24) is 0 Å². The van der Waals surface area contributed by atoms with E-state index in [0.717, 1.165) is 5.57 Å². The first-order chi connectivity index (χ1) is 14.4. The minimum Gasteiger partial charge on any atom is -0.390 e. The summed E-state index contributed by atoms with van der Waals surface area (Å²) >= 11 is 0. The van der Waals surface area contributed by atoms with Crippen molar-refractivity contribution in [2.75, 3.05) is 6.61 Å². The number of hydrogen-bond donors (Lipinski definition) is 2. The van der Waals surface area contributed by atoms with Gasteiger partial charge in [0.15, 0.2) is 28.6 Å². The fourth-order valence-electron chi connectivity index (χ4n) is 7.93. The predicted octanol–water partition coefficient (Wildman–Crippen LogP) is 2.42. The number of halogens is 1. The summed E-state index contributed by atoms with van der Waals surface area (Å²) in [5.41, 5.74) is -4.66. The van der Waals surface area contributed by atoms with Crippen LogP contribution in [0.2, 0.25) is 0 Å². The smallest absolute Gasteiger partial charge is 0.193 e. The number of aliphatic hydroxyl groups is 2. The van der Waals surface area contributed by atoms with E-state index in [1.807, 2.05) is 6.92 Å². The molecule has 1 aliphatic heterocycles. The first-order valence-electron chi connectivity index (χ1n) is 11.2. The Morgan fingerprint density at radius 1 is 1.26 bits per heavy atom. The van der Waals surface area contributed by atoms with E-state index < -0.39 is 58.4 Å².